The molecule has 0 saturated carbocycles. The molecule has 0 aliphatic heterocycles. The summed E-state index contributed by atoms with van der Waals surface area (Å²) in [6.07, 6.45) is 5.09. The lowest BCUT2D eigenvalue weighted by Gasteiger charge is -2.44. The SMILES string of the molecule is C[Si](C)(C)N(c1cnc2ncncc2n1)[Si](C)(C)C. The van der Waals surface area contributed by atoms with Gasteiger partial charge in [0.05, 0.1) is 12.4 Å². The lowest BCUT2D eigenvalue weighted by atomic mass is 10.5. The minimum Gasteiger partial charge on any atom is -0.408 e. The highest BCUT2D eigenvalue weighted by Gasteiger charge is 2.35. The highest BCUT2D eigenvalue weighted by atomic mass is 28.4. The summed E-state index contributed by atoms with van der Waals surface area (Å²) in [5.41, 5.74) is 1.42. The van der Waals surface area contributed by atoms with Gasteiger partial charge in [0.1, 0.15) is 34.1 Å². The highest BCUT2D eigenvalue weighted by Crippen LogP contribution is 2.26. The number of aromatic nitrogens is 4. The van der Waals surface area contributed by atoms with Gasteiger partial charge in [0.15, 0.2) is 5.65 Å². The molecule has 2 aromatic heterocycles. The van der Waals surface area contributed by atoms with Gasteiger partial charge < -0.3 is 4.23 Å². The summed E-state index contributed by atoms with van der Waals surface area (Å²) in [7, 11) is -3.00. The summed E-state index contributed by atoms with van der Waals surface area (Å²) in [6, 6.07) is 0. The molecule has 0 amide bonds. The van der Waals surface area contributed by atoms with Gasteiger partial charge in [0.2, 0.25) is 0 Å². The van der Waals surface area contributed by atoms with E-state index in [9.17, 15) is 0 Å². The fourth-order valence-electron chi connectivity index (χ4n) is 2.57. The Balaban J connectivity index is 2.57. The maximum absolute atomic E-state index is 4.72. The molecule has 0 aromatic carbocycles. The average Bonchev–Trinajstić information content (AvgIpc) is 2.25. The topological polar surface area (TPSA) is 54.8 Å². The van der Waals surface area contributed by atoms with Gasteiger partial charge >= 0.3 is 0 Å². The van der Waals surface area contributed by atoms with Crippen LogP contribution in [0.5, 0.6) is 0 Å². The summed E-state index contributed by atoms with van der Waals surface area (Å²) in [5.74, 6) is 0.973. The van der Waals surface area contributed by atoms with Crippen molar-refractivity contribution in [3.8, 4) is 0 Å². The number of anilines is 1. The predicted molar refractivity (Wildman–Crippen MR) is 84.3 cm³/mol. The molecule has 2 heterocycles. The lowest BCUT2D eigenvalue weighted by Crippen LogP contribution is -2.60. The molecule has 0 spiro atoms. The van der Waals surface area contributed by atoms with E-state index in [-0.39, 0.29) is 0 Å². The third-order valence-electron chi connectivity index (χ3n) is 2.78. The van der Waals surface area contributed by atoms with Crippen LogP contribution in [0.4, 0.5) is 5.82 Å². The zero-order valence-electron chi connectivity index (χ0n) is 12.5. The fourth-order valence-corrected chi connectivity index (χ4v) is 12.2. The number of hydrogen-bond donors (Lipinski definition) is 0. The van der Waals surface area contributed by atoms with E-state index in [0.717, 1.165) is 11.3 Å². The zero-order chi connectivity index (χ0) is 14.3. The molecule has 2 aromatic rings. The first kappa shape index (κ1) is 14.1. The second kappa shape index (κ2) is 4.64. The van der Waals surface area contributed by atoms with E-state index in [0.29, 0.717) is 5.65 Å². The van der Waals surface area contributed by atoms with E-state index < -0.39 is 16.5 Å². The quantitative estimate of drug-likeness (QED) is 0.814. The van der Waals surface area contributed by atoms with Gasteiger partial charge in [-0.05, 0) is 0 Å². The van der Waals surface area contributed by atoms with Crippen LogP contribution in [0.15, 0.2) is 18.7 Å². The summed E-state index contributed by atoms with van der Waals surface area (Å²) in [5, 5.41) is 0. The molecule has 19 heavy (non-hydrogen) atoms. The van der Waals surface area contributed by atoms with Crippen LogP contribution in [0.25, 0.3) is 11.2 Å². The second-order valence-electron chi connectivity index (χ2n) is 6.64. The Morgan fingerprint density at radius 3 is 2.11 bits per heavy atom. The number of fused-ring (bicyclic) bond motifs is 1. The second-order valence-corrected chi connectivity index (χ2v) is 16.7. The Morgan fingerprint density at radius 2 is 1.53 bits per heavy atom. The molecule has 0 fully saturated rings. The Kier molecular flexibility index (Phi) is 3.44. The van der Waals surface area contributed by atoms with E-state index in [1.165, 1.54) is 6.33 Å². The fraction of sp³-hybridized carbons (Fsp3) is 0.500. The van der Waals surface area contributed by atoms with Crippen molar-refractivity contribution in [1.82, 2.24) is 19.9 Å². The molecule has 7 heteroatoms. The molecule has 102 valence electrons. The van der Waals surface area contributed by atoms with Crippen molar-refractivity contribution in [2.45, 2.75) is 39.3 Å². The molecule has 0 aliphatic carbocycles. The first-order valence-electron chi connectivity index (χ1n) is 6.43. The number of nitrogens with zero attached hydrogens (tertiary/aromatic N) is 5. The standard InChI is InChI=1S/C12H21N5Si2/c1-18(2,3)17(19(4,5)6)11-8-14-12-10(16-11)7-13-9-15-12/h7-9H,1-6H3. The van der Waals surface area contributed by atoms with Crippen LogP contribution in [-0.4, -0.2) is 36.4 Å². The maximum atomic E-state index is 4.72. The molecule has 0 unspecified atom stereocenters. The Hall–Kier alpha value is -1.35. The molecule has 0 bridgehead atoms. The minimum absolute atomic E-state index is 0.657. The Morgan fingerprint density at radius 1 is 0.895 bits per heavy atom. The summed E-state index contributed by atoms with van der Waals surface area (Å²) in [6.45, 7) is 14.1. The van der Waals surface area contributed by atoms with Gasteiger partial charge in [-0.1, -0.05) is 39.3 Å². The van der Waals surface area contributed by atoms with Crippen molar-refractivity contribution >= 4 is 33.5 Å². The van der Waals surface area contributed by atoms with Gasteiger partial charge in [-0.25, -0.2) is 19.9 Å². The van der Waals surface area contributed by atoms with E-state index in [4.69, 9.17) is 4.98 Å². The minimum atomic E-state index is -1.50. The monoisotopic (exact) mass is 291 g/mol. The lowest BCUT2D eigenvalue weighted by molar-refractivity contribution is 1.13. The van der Waals surface area contributed by atoms with Crippen molar-refractivity contribution in [3.63, 3.8) is 0 Å². The number of hydrogen-bond acceptors (Lipinski definition) is 5. The predicted octanol–water partition coefficient (Wildman–Crippen LogP) is 2.90. The van der Waals surface area contributed by atoms with Gasteiger partial charge in [-0.3, -0.25) is 0 Å². The van der Waals surface area contributed by atoms with Crippen molar-refractivity contribution in [2.24, 2.45) is 0 Å². The van der Waals surface area contributed by atoms with Gasteiger partial charge in [-0.15, -0.1) is 0 Å². The van der Waals surface area contributed by atoms with Crippen LogP contribution >= 0.6 is 0 Å². The van der Waals surface area contributed by atoms with Crippen LogP contribution in [0.1, 0.15) is 0 Å². The van der Waals surface area contributed by atoms with E-state index in [1.807, 2.05) is 6.20 Å². The molecule has 0 radical (unpaired) electrons. The van der Waals surface area contributed by atoms with Crippen molar-refractivity contribution < 1.29 is 0 Å². The van der Waals surface area contributed by atoms with E-state index in [2.05, 4.69) is 58.5 Å². The molecule has 0 saturated heterocycles. The Bertz CT molecular complexity index is 574. The maximum Gasteiger partial charge on any atom is 0.181 e. The van der Waals surface area contributed by atoms with Crippen LogP contribution < -0.4 is 4.23 Å². The summed E-state index contributed by atoms with van der Waals surface area (Å²) in [4.78, 5) is 17.3. The molecule has 5 nitrogen and oxygen atoms in total. The van der Waals surface area contributed by atoms with E-state index >= 15 is 0 Å². The van der Waals surface area contributed by atoms with Crippen LogP contribution in [0, 0.1) is 0 Å². The largest absolute Gasteiger partial charge is 0.408 e. The summed E-state index contributed by atoms with van der Waals surface area (Å²) >= 11 is 0. The van der Waals surface area contributed by atoms with Gasteiger partial charge in [0, 0.05) is 0 Å². The van der Waals surface area contributed by atoms with Crippen LogP contribution in [-0.2, 0) is 0 Å². The number of rotatable bonds is 3. The first-order chi connectivity index (χ1) is 8.69. The molecule has 0 N–H and O–H groups in total. The highest BCUT2D eigenvalue weighted by molar-refractivity contribution is 6.99. The molecular weight excluding hydrogens is 270 g/mol. The van der Waals surface area contributed by atoms with Crippen LogP contribution in [0.2, 0.25) is 39.3 Å². The van der Waals surface area contributed by atoms with E-state index in [1.54, 1.807) is 6.20 Å². The van der Waals surface area contributed by atoms with Crippen molar-refractivity contribution in [1.29, 1.82) is 0 Å². The normalized spacial score (nSPS) is 12.7. The van der Waals surface area contributed by atoms with Crippen molar-refractivity contribution in [2.75, 3.05) is 4.23 Å². The molecule has 0 atom stereocenters. The molecular formula is C12H21N5Si2. The third-order valence-corrected chi connectivity index (χ3v) is 9.95. The average molecular weight is 292 g/mol. The third kappa shape index (κ3) is 2.98. The van der Waals surface area contributed by atoms with Gasteiger partial charge in [0.25, 0.3) is 0 Å². The summed E-state index contributed by atoms with van der Waals surface area (Å²) < 4.78 is 2.54. The molecule has 0 aliphatic rings. The van der Waals surface area contributed by atoms with Gasteiger partial charge in [-0.2, -0.15) is 0 Å². The first-order valence-corrected chi connectivity index (χ1v) is 13.3. The Labute approximate surface area is 116 Å². The molecule has 2 rings (SSSR count). The van der Waals surface area contributed by atoms with Crippen molar-refractivity contribution in [3.05, 3.63) is 18.7 Å². The van der Waals surface area contributed by atoms with Crippen LogP contribution in [0.3, 0.4) is 0 Å². The zero-order valence-corrected chi connectivity index (χ0v) is 14.5. The smallest absolute Gasteiger partial charge is 0.181 e.